The number of piperazine rings is 1. The molecule has 1 N–H and O–H groups in total. The summed E-state index contributed by atoms with van der Waals surface area (Å²) in [7, 11) is 0. The second-order valence-electron chi connectivity index (χ2n) is 8.29. The molecule has 1 aromatic carbocycles. The van der Waals surface area contributed by atoms with Gasteiger partial charge in [-0.1, -0.05) is 0 Å². The van der Waals surface area contributed by atoms with Crippen molar-refractivity contribution in [3.05, 3.63) is 41.5 Å². The van der Waals surface area contributed by atoms with E-state index in [1.165, 1.54) is 35.5 Å². The molecule has 152 valence electrons. The molecular formula is C22H28N6O. The molecule has 0 bridgehead atoms. The molecule has 7 nitrogen and oxygen atoms in total. The summed E-state index contributed by atoms with van der Waals surface area (Å²) in [5.74, 6) is 0.665. The van der Waals surface area contributed by atoms with Crippen LogP contribution in [0.5, 0.6) is 5.88 Å². The van der Waals surface area contributed by atoms with Crippen LogP contribution in [0, 0.1) is 0 Å². The predicted octanol–water partition coefficient (Wildman–Crippen LogP) is 2.95. The molecule has 5 rings (SSSR count). The minimum absolute atomic E-state index is 0.0868. The fourth-order valence-electron chi connectivity index (χ4n) is 4.43. The normalized spacial score (nSPS) is 17.3. The highest BCUT2D eigenvalue weighted by atomic mass is 16.5. The standard InChI is InChI=1S/C22H28N6O/c1-15(2)29-22-18-12-16(6-7-19(18)23-14-24-22)28-10-8-27(9-11-28)13-21-17-4-3-5-20(17)25-26-21/h6-7,12,14-15H,3-5,8-11,13H2,1-2H3,(H,25,26). The largest absolute Gasteiger partial charge is 0.474 e. The van der Waals surface area contributed by atoms with E-state index in [1.54, 1.807) is 6.33 Å². The van der Waals surface area contributed by atoms with Gasteiger partial charge in [0.1, 0.15) is 6.33 Å². The zero-order valence-electron chi connectivity index (χ0n) is 17.2. The van der Waals surface area contributed by atoms with Crippen molar-refractivity contribution in [2.24, 2.45) is 0 Å². The third kappa shape index (κ3) is 3.67. The molecule has 2 aliphatic rings. The summed E-state index contributed by atoms with van der Waals surface area (Å²) < 4.78 is 5.89. The van der Waals surface area contributed by atoms with Gasteiger partial charge in [0.15, 0.2) is 0 Å². The Labute approximate surface area is 171 Å². The highest BCUT2D eigenvalue weighted by molar-refractivity contribution is 5.86. The van der Waals surface area contributed by atoms with Gasteiger partial charge in [-0.2, -0.15) is 5.10 Å². The number of nitrogens with zero attached hydrogens (tertiary/aromatic N) is 5. The zero-order valence-corrected chi connectivity index (χ0v) is 17.2. The van der Waals surface area contributed by atoms with Crippen molar-refractivity contribution < 1.29 is 4.74 Å². The van der Waals surface area contributed by atoms with Crippen LogP contribution in [-0.4, -0.2) is 57.3 Å². The van der Waals surface area contributed by atoms with Crippen molar-refractivity contribution >= 4 is 16.6 Å². The van der Waals surface area contributed by atoms with Crippen LogP contribution in [-0.2, 0) is 19.4 Å². The summed E-state index contributed by atoms with van der Waals surface area (Å²) in [4.78, 5) is 13.7. The van der Waals surface area contributed by atoms with E-state index in [1.807, 2.05) is 13.8 Å². The molecule has 0 amide bonds. The predicted molar refractivity (Wildman–Crippen MR) is 113 cm³/mol. The van der Waals surface area contributed by atoms with Crippen LogP contribution in [0.15, 0.2) is 24.5 Å². The van der Waals surface area contributed by atoms with E-state index in [-0.39, 0.29) is 6.10 Å². The maximum absolute atomic E-state index is 5.89. The van der Waals surface area contributed by atoms with Gasteiger partial charge in [-0.3, -0.25) is 10.00 Å². The van der Waals surface area contributed by atoms with Crippen molar-refractivity contribution in [2.45, 2.75) is 45.8 Å². The lowest BCUT2D eigenvalue weighted by Crippen LogP contribution is -2.46. The highest BCUT2D eigenvalue weighted by Gasteiger charge is 2.23. The fraction of sp³-hybridized carbons (Fsp3) is 0.500. The Hall–Kier alpha value is -2.67. The number of fused-ring (bicyclic) bond motifs is 2. The number of hydrogen-bond acceptors (Lipinski definition) is 6. The monoisotopic (exact) mass is 392 g/mol. The van der Waals surface area contributed by atoms with Crippen molar-refractivity contribution in [1.29, 1.82) is 0 Å². The third-order valence-electron chi connectivity index (χ3n) is 5.93. The van der Waals surface area contributed by atoms with E-state index in [9.17, 15) is 0 Å². The first-order valence-corrected chi connectivity index (χ1v) is 10.6. The Morgan fingerprint density at radius 3 is 2.79 bits per heavy atom. The van der Waals surface area contributed by atoms with Crippen molar-refractivity contribution in [1.82, 2.24) is 25.1 Å². The molecule has 0 atom stereocenters. The van der Waals surface area contributed by atoms with Gasteiger partial charge in [-0.05, 0) is 56.9 Å². The van der Waals surface area contributed by atoms with Gasteiger partial charge in [-0.25, -0.2) is 9.97 Å². The van der Waals surface area contributed by atoms with E-state index in [4.69, 9.17) is 4.74 Å². The number of aromatic amines is 1. The number of aryl methyl sites for hydroxylation is 1. The Kier molecular flexibility index (Phi) is 4.83. The number of H-pyrrole nitrogens is 1. The minimum atomic E-state index is 0.0868. The van der Waals surface area contributed by atoms with Crippen LogP contribution in [0.25, 0.3) is 10.9 Å². The van der Waals surface area contributed by atoms with Crippen LogP contribution in [0.4, 0.5) is 5.69 Å². The maximum atomic E-state index is 5.89. The van der Waals surface area contributed by atoms with Crippen molar-refractivity contribution in [2.75, 3.05) is 31.1 Å². The average molecular weight is 393 g/mol. The topological polar surface area (TPSA) is 70.2 Å². The first-order valence-electron chi connectivity index (χ1n) is 10.6. The van der Waals surface area contributed by atoms with Gasteiger partial charge in [0.2, 0.25) is 5.88 Å². The van der Waals surface area contributed by atoms with Gasteiger partial charge < -0.3 is 9.64 Å². The summed E-state index contributed by atoms with van der Waals surface area (Å²) in [5.41, 5.74) is 6.21. The molecule has 1 fully saturated rings. The number of hydrogen-bond donors (Lipinski definition) is 1. The van der Waals surface area contributed by atoms with E-state index in [2.05, 4.69) is 48.2 Å². The first kappa shape index (κ1) is 18.4. The summed E-state index contributed by atoms with van der Waals surface area (Å²) in [6, 6.07) is 6.40. The maximum Gasteiger partial charge on any atom is 0.224 e. The molecule has 3 aromatic rings. The van der Waals surface area contributed by atoms with E-state index >= 15 is 0 Å². The lowest BCUT2D eigenvalue weighted by Gasteiger charge is -2.36. The molecule has 2 aromatic heterocycles. The molecule has 1 aliphatic heterocycles. The quantitative estimate of drug-likeness (QED) is 0.720. The molecular weight excluding hydrogens is 364 g/mol. The second kappa shape index (κ2) is 7.63. The zero-order chi connectivity index (χ0) is 19.8. The van der Waals surface area contributed by atoms with Crippen molar-refractivity contribution in [3.63, 3.8) is 0 Å². The van der Waals surface area contributed by atoms with E-state index < -0.39 is 0 Å². The number of nitrogens with one attached hydrogen (secondary N) is 1. The van der Waals surface area contributed by atoms with Crippen LogP contribution in [0.1, 0.15) is 37.2 Å². The summed E-state index contributed by atoms with van der Waals surface area (Å²) >= 11 is 0. The molecule has 0 unspecified atom stereocenters. The lowest BCUT2D eigenvalue weighted by atomic mass is 10.1. The minimum Gasteiger partial charge on any atom is -0.474 e. The van der Waals surface area contributed by atoms with Crippen molar-refractivity contribution in [3.8, 4) is 5.88 Å². The van der Waals surface area contributed by atoms with E-state index in [0.29, 0.717) is 5.88 Å². The summed E-state index contributed by atoms with van der Waals surface area (Å²) in [5, 5.41) is 8.78. The molecule has 29 heavy (non-hydrogen) atoms. The van der Waals surface area contributed by atoms with Crippen LogP contribution in [0.2, 0.25) is 0 Å². The molecule has 7 heteroatoms. The number of rotatable bonds is 5. The van der Waals surface area contributed by atoms with Gasteiger partial charge in [-0.15, -0.1) is 0 Å². The van der Waals surface area contributed by atoms with Gasteiger partial charge in [0.05, 0.1) is 22.7 Å². The molecule has 0 spiro atoms. The number of aromatic nitrogens is 4. The Balaban J connectivity index is 1.28. The highest BCUT2D eigenvalue weighted by Crippen LogP contribution is 2.28. The van der Waals surface area contributed by atoms with Gasteiger partial charge in [0.25, 0.3) is 0 Å². The molecule has 0 saturated carbocycles. The number of benzene rings is 1. The summed E-state index contributed by atoms with van der Waals surface area (Å²) in [6.45, 7) is 9.09. The lowest BCUT2D eigenvalue weighted by molar-refractivity contribution is 0.235. The van der Waals surface area contributed by atoms with Crippen LogP contribution in [0.3, 0.4) is 0 Å². The summed E-state index contributed by atoms with van der Waals surface area (Å²) in [6.07, 6.45) is 5.26. The average Bonchev–Trinajstić information content (AvgIpc) is 3.33. The molecule has 3 heterocycles. The van der Waals surface area contributed by atoms with Gasteiger partial charge >= 0.3 is 0 Å². The third-order valence-corrected chi connectivity index (χ3v) is 5.93. The molecule has 0 radical (unpaired) electrons. The first-order chi connectivity index (χ1) is 14.2. The molecule has 1 aliphatic carbocycles. The second-order valence-corrected chi connectivity index (χ2v) is 8.29. The molecule has 1 saturated heterocycles. The van der Waals surface area contributed by atoms with E-state index in [0.717, 1.165) is 50.0 Å². The van der Waals surface area contributed by atoms with Crippen LogP contribution < -0.4 is 9.64 Å². The Morgan fingerprint density at radius 1 is 1.10 bits per heavy atom. The number of anilines is 1. The van der Waals surface area contributed by atoms with Gasteiger partial charge in [0, 0.05) is 44.1 Å². The Morgan fingerprint density at radius 2 is 1.97 bits per heavy atom. The fourth-order valence-corrected chi connectivity index (χ4v) is 4.43. The smallest absolute Gasteiger partial charge is 0.224 e. The van der Waals surface area contributed by atoms with Crippen LogP contribution >= 0.6 is 0 Å². The Bertz CT molecular complexity index is 1010. The number of ether oxygens (including phenoxy) is 1. The SMILES string of the molecule is CC(C)Oc1ncnc2ccc(N3CCN(Cc4n[nH]c5c4CCC5)CC3)cc12.